The molecule has 0 N–H and O–H groups in total. The van der Waals surface area contributed by atoms with E-state index in [1.807, 2.05) is 24.3 Å². The van der Waals surface area contributed by atoms with Gasteiger partial charge in [0.05, 0.1) is 6.26 Å². The molecule has 2 aromatic rings. The Bertz CT molecular complexity index is 723. The Hall–Kier alpha value is -1.43. The SMILES string of the molecule is O=C1SC(SCc2ccccc2Cl)=N/C1=C/c1ccco1. The molecule has 0 fully saturated rings. The maximum absolute atomic E-state index is 11.9. The maximum Gasteiger partial charge on any atom is 0.244 e. The number of carbonyl (C=O) groups excluding carboxylic acids is 1. The van der Waals surface area contributed by atoms with Crippen molar-refractivity contribution in [1.82, 2.24) is 0 Å². The molecule has 0 saturated heterocycles. The molecular weight excluding hydrogens is 326 g/mol. The van der Waals surface area contributed by atoms with Crippen molar-refractivity contribution >= 4 is 50.7 Å². The molecule has 21 heavy (non-hydrogen) atoms. The molecule has 1 aliphatic heterocycles. The molecule has 3 rings (SSSR count). The van der Waals surface area contributed by atoms with Crippen molar-refractivity contribution in [2.45, 2.75) is 5.75 Å². The van der Waals surface area contributed by atoms with E-state index in [0.29, 0.717) is 17.2 Å². The number of benzene rings is 1. The number of carbonyl (C=O) groups is 1. The Morgan fingerprint density at radius 3 is 2.90 bits per heavy atom. The lowest BCUT2D eigenvalue weighted by atomic mass is 10.2. The molecule has 1 aromatic carbocycles. The van der Waals surface area contributed by atoms with E-state index in [-0.39, 0.29) is 5.12 Å². The van der Waals surface area contributed by atoms with Crippen molar-refractivity contribution in [2.75, 3.05) is 0 Å². The first-order chi connectivity index (χ1) is 10.2. The Kier molecular flexibility index (Phi) is 4.53. The maximum atomic E-state index is 11.9. The lowest BCUT2D eigenvalue weighted by Gasteiger charge is -2.02. The summed E-state index contributed by atoms with van der Waals surface area (Å²) in [5.74, 6) is 1.31. The van der Waals surface area contributed by atoms with Crippen LogP contribution in [-0.4, -0.2) is 9.49 Å². The first-order valence-corrected chi connectivity index (χ1v) is 8.32. The van der Waals surface area contributed by atoms with Crippen LogP contribution in [0.2, 0.25) is 5.02 Å². The largest absolute Gasteiger partial charge is 0.465 e. The predicted octanol–water partition coefficient (Wildman–Crippen LogP) is 4.84. The highest BCUT2D eigenvalue weighted by atomic mass is 35.5. The average molecular weight is 336 g/mol. The molecule has 1 aromatic heterocycles. The first-order valence-electron chi connectivity index (χ1n) is 6.14. The standard InChI is InChI=1S/C15H10ClNO2S2/c16-12-6-2-1-4-10(12)9-20-15-17-13(14(18)21-15)8-11-5-3-7-19-11/h1-8H,9H2/b13-8+. The normalized spacial score (nSPS) is 16.5. The molecule has 3 nitrogen and oxygen atoms in total. The number of hydrogen-bond acceptors (Lipinski definition) is 5. The van der Waals surface area contributed by atoms with E-state index >= 15 is 0 Å². The predicted molar refractivity (Wildman–Crippen MR) is 89.5 cm³/mol. The molecule has 2 heterocycles. The Labute approximate surface area is 135 Å². The summed E-state index contributed by atoms with van der Waals surface area (Å²) in [5.41, 5.74) is 1.44. The van der Waals surface area contributed by atoms with E-state index in [9.17, 15) is 4.79 Å². The van der Waals surface area contributed by atoms with Gasteiger partial charge < -0.3 is 4.42 Å². The van der Waals surface area contributed by atoms with E-state index in [2.05, 4.69) is 4.99 Å². The third-order valence-electron chi connectivity index (χ3n) is 2.73. The van der Waals surface area contributed by atoms with Gasteiger partial charge in [0, 0.05) is 16.9 Å². The Balaban J connectivity index is 1.70. The van der Waals surface area contributed by atoms with Gasteiger partial charge in [0.25, 0.3) is 0 Å². The van der Waals surface area contributed by atoms with Crippen molar-refractivity contribution in [3.05, 3.63) is 64.7 Å². The van der Waals surface area contributed by atoms with Crippen molar-refractivity contribution in [1.29, 1.82) is 0 Å². The van der Waals surface area contributed by atoms with E-state index in [1.54, 1.807) is 24.5 Å². The molecule has 0 amide bonds. The summed E-state index contributed by atoms with van der Waals surface area (Å²) in [6.07, 6.45) is 3.22. The third-order valence-corrected chi connectivity index (χ3v) is 5.16. The fraction of sp³-hybridized carbons (Fsp3) is 0.0667. The van der Waals surface area contributed by atoms with E-state index in [1.165, 1.54) is 11.8 Å². The van der Waals surface area contributed by atoms with Gasteiger partial charge >= 0.3 is 0 Å². The van der Waals surface area contributed by atoms with Crippen LogP contribution in [0, 0.1) is 0 Å². The van der Waals surface area contributed by atoms with Crippen molar-refractivity contribution < 1.29 is 9.21 Å². The molecular formula is C15H10ClNO2S2. The minimum absolute atomic E-state index is 0.0620. The smallest absolute Gasteiger partial charge is 0.244 e. The molecule has 0 radical (unpaired) electrons. The number of aliphatic imine (C=N–C) groups is 1. The average Bonchev–Trinajstić information content (AvgIpc) is 3.09. The quantitative estimate of drug-likeness (QED) is 0.753. The van der Waals surface area contributed by atoms with Crippen LogP contribution in [0.25, 0.3) is 6.08 Å². The van der Waals surface area contributed by atoms with Crippen LogP contribution in [0.3, 0.4) is 0 Å². The highest BCUT2D eigenvalue weighted by Crippen LogP contribution is 2.33. The van der Waals surface area contributed by atoms with Gasteiger partial charge in [-0.25, -0.2) is 4.99 Å². The molecule has 106 valence electrons. The molecule has 0 spiro atoms. The van der Waals surface area contributed by atoms with Gasteiger partial charge in [-0.1, -0.05) is 41.6 Å². The van der Waals surface area contributed by atoms with Crippen molar-refractivity contribution in [3.8, 4) is 0 Å². The van der Waals surface area contributed by atoms with Crippen LogP contribution in [0.1, 0.15) is 11.3 Å². The molecule has 0 unspecified atom stereocenters. The molecule has 0 bridgehead atoms. The van der Waals surface area contributed by atoms with Gasteiger partial charge in [0.15, 0.2) is 0 Å². The topological polar surface area (TPSA) is 42.6 Å². The lowest BCUT2D eigenvalue weighted by molar-refractivity contribution is -0.107. The minimum atomic E-state index is -0.0620. The van der Waals surface area contributed by atoms with Gasteiger partial charge in [-0.2, -0.15) is 0 Å². The van der Waals surface area contributed by atoms with Crippen LogP contribution in [0.4, 0.5) is 0 Å². The van der Waals surface area contributed by atoms with E-state index in [0.717, 1.165) is 26.7 Å². The molecule has 0 atom stereocenters. The zero-order valence-electron chi connectivity index (χ0n) is 10.8. The van der Waals surface area contributed by atoms with Gasteiger partial charge in [0.2, 0.25) is 5.12 Å². The molecule has 0 saturated carbocycles. The number of furan rings is 1. The summed E-state index contributed by atoms with van der Waals surface area (Å²) >= 11 is 8.76. The summed E-state index contributed by atoms with van der Waals surface area (Å²) in [6.45, 7) is 0. The van der Waals surface area contributed by atoms with E-state index in [4.69, 9.17) is 16.0 Å². The van der Waals surface area contributed by atoms with Crippen LogP contribution in [-0.2, 0) is 10.5 Å². The first kappa shape index (κ1) is 14.5. The Morgan fingerprint density at radius 2 is 2.14 bits per heavy atom. The summed E-state index contributed by atoms with van der Waals surface area (Å²) < 4.78 is 5.93. The highest BCUT2D eigenvalue weighted by molar-refractivity contribution is 8.45. The second kappa shape index (κ2) is 6.56. The minimum Gasteiger partial charge on any atom is -0.465 e. The summed E-state index contributed by atoms with van der Waals surface area (Å²) in [7, 11) is 0. The van der Waals surface area contributed by atoms with Crippen LogP contribution in [0.5, 0.6) is 0 Å². The number of halogens is 1. The number of thioether (sulfide) groups is 2. The van der Waals surface area contributed by atoms with Crippen LogP contribution in [0.15, 0.2) is 57.8 Å². The summed E-state index contributed by atoms with van der Waals surface area (Å²) in [5, 5.41) is 0.666. The number of nitrogens with zero attached hydrogens (tertiary/aromatic N) is 1. The van der Waals surface area contributed by atoms with E-state index < -0.39 is 0 Å². The van der Waals surface area contributed by atoms with Crippen molar-refractivity contribution in [3.63, 3.8) is 0 Å². The van der Waals surface area contributed by atoms with Crippen molar-refractivity contribution in [2.24, 2.45) is 4.99 Å². The zero-order chi connectivity index (χ0) is 14.7. The molecule has 6 heteroatoms. The lowest BCUT2D eigenvalue weighted by Crippen LogP contribution is -1.88. The molecule has 0 aliphatic carbocycles. The van der Waals surface area contributed by atoms with Gasteiger partial charge in [-0.15, -0.1) is 0 Å². The van der Waals surface area contributed by atoms with Crippen LogP contribution >= 0.6 is 35.1 Å². The summed E-state index contributed by atoms with van der Waals surface area (Å²) in [6, 6.07) is 11.2. The summed E-state index contributed by atoms with van der Waals surface area (Å²) in [4.78, 5) is 16.2. The zero-order valence-corrected chi connectivity index (χ0v) is 13.2. The third kappa shape index (κ3) is 3.61. The van der Waals surface area contributed by atoms with Gasteiger partial charge in [-0.3, -0.25) is 4.79 Å². The highest BCUT2D eigenvalue weighted by Gasteiger charge is 2.23. The number of rotatable bonds is 3. The number of hydrogen-bond donors (Lipinski definition) is 0. The Morgan fingerprint density at radius 1 is 1.29 bits per heavy atom. The fourth-order valence-electron chi connectivity index (χ4n) is 1.71. The fourth-order valence-corrected chi connectivity index (χ4v) is 3.84. The second-order valence-corrected chi connectivity index (χ2v) is 6.78. The van der Waals surface area contributed by atoms with Crippen LogP contribution < -0.4 is 0 Å². The second-order valence-electron chi connectivity index (χ2n) is 4.19. The van der Waals surface area contributed by atoms with Gasteiger partial charge in [-0.05, 0) is 35.5 Å². The van der Waals surface area contributed by atoms with Gasteiger partial charge in [0.1, 0.15) is 15.8 Å². The monoisotopic (exact) mass is 335 g/mol. The molecule has 1 aliphatic rings.